The minimum atomic E-state index is 0.435. The van der Waals surface area contributed by atoms with Gasteiger partial charge in [-0.15, -0.1) is 0 Å². The SMILES string of the molecule is O=[C]CCC1=CCCN=N1. The third-order valence-corrected chi connectivity index (χ3v) is 1.29. The quantitative estimate of drug-likeness (QED) is 0.582. The molecule has 1 aliphatic heterocycles. The third kappa shape index (κ3) is 2.09. The summed E-state index contributed by atoms with van der Waals surface area (Å²) in [5, 5.41) is 7.71. The Labute approximate surface area is 59.8 Å². The molecule has 0 amide bonds. The van der Waals surface area contributed by atoms with E-state index in [4.69, 9.17) is 0 Å². The predicted octanol–water partition coefficient (Wildman–Crippen LogP) is 1.62. The number of hydrogen-bond acceptors (Lipinski definition) is 3. The van der Waals surface area contributed by atoms with E-state index in [1.54, 1.807) is 0 Å². The molecule has 0 atom stereocenters. The first-order chi connectivity index (χ1) is 4.93. The van der Waals surface area contributed by atoms with Crippen LogP contribution < -0.4 is 0 Å². The van der Waals surface area contributed by atoms with E-state index in [9.17, 15) is 4.79 Å². The smallest absolute Gasteiger partial charge is 0.198 e. The van der Waals surface area contributed by atoms with E-state index in [0.717, 1.165) is 18.7 Å². The minimum Gasteiger partial charge on any atom is -0.291 e. The summed E-state index contributed by atoms with van der Waals surface area (Å²) in [6.45, 7) is 0.786. The average Bonchev–Trinajstić information content (AvgIpc) is 2.03. The maximum atomic E-state index is 9.82. The van der Waals surface area contributed by atoms with Crippen molar-refractivity contribution in [1.82, 2.24) is 0 Å². The molecule has 1 heterocycles. The molecule has 3 heteroatoms. The molecule has 0 spiro atoms. The van der Waals surface area contributed by atoms with E-state index in [1.165, 1.54) is 0 Å². The number of azo groups is 1. The second kappa shape index (κ2) is 3.93. The van der Waals surface area contributed by atoms with E-state index in [1.807, 2.05) is 12.4 Å². The standard InChI is InChI=1S/C7H9N2O/c10-6-2-4-7-3-1-5-8-9-7/h3H,1-2,4-5H2. The Morgan fingerprint density at radius 1 is 1.70 bits per heavy atom. The molecular weight excluding hydrogens is 128 g/mol. The Balaban J connectivity index is 2.32. The summed E-state index contributed by atoms with van der Waals surface area (Å²) in [5.74, 6) is 0. The van der Waals surface area contributed by atoms with Gasteiger partial charge in [0.25, 0.3) is 0 Å². The summed E-state index contributed by atoms with van der Waals surface area (Å²) in [6.07, 6.45) is 5.92. The van der Waals surface area contributed by atoms with Crippen LogP contribution in [-0.4, -0.2) is 12.8 Å². The maximum absolute atomic E-state index is 9.82. The molecule has 3 nitrogen and oxygen atoms in total. The van der Waals surface area contributed by atoms with Crippen LogP contribution in [0.25, 0.3) is 0 Å². The minimum absolute atomic E-state index is 0.435. The zero-order valence-electron chi connectivity index (χ0n) is 5.71. The first kappa shape index (κ1) is 7.12. The largest absolute Gasteiger partial charge is 0.291 e. The van der Waals surface area contributed by atoms with Crippen molar-refractivity contribution in [2.24, 2.45) is 10.2 Å². The molecule has 0 aliphatic carbocycles. The number of rotatable bonds is 3. The van der Waals surface area contributed by atoms with Crippen LogP contribution in [-0.2, 0) is 4.79 Å². The molecule has 1 radical (unpaired) electrons. The van der Waals surface area contributed by atoms with Crippen molar-refractivity contribution in [3.05, 3.63) is 11.8 Å². The van der Waals surface area contributed by atoms with E-state index in [-0.39, 0.29) is 0 Å². The van der Waals surface area contributed by atoms with E-state index in [0.29, 0.717) is 12.8 Å². The van der Waals surface area contributed by atoms with Gasteiger partial charge in [0.05, 0.1) is 12.2 Å². The summed E-state index contributed by atoms with van der Waals surface area (Å²) in [5.41, 5.74) is 0.926. The first-order valence-corrected chi connectivity index (χ1v) is 3.35. The van der Waals surface area contributed by atoms with Crippen LogP contribution in [0.5, 0.6) is 0 Å². The van der Waals surface area contributed by atoms with Crippen molar-refractivity contribution in [2.45, 2.75) is 19.3 Å². The van der Waals surface area contributed by atoms with Gasteiger partial charge < -0.3 is 0 Å². The fourth-order valence-electron chi connectivity index (χ4n) is 0.802. The van der Waals surface area contributed by atoms with Gasteiger partial charge in [-0.1, -0.05) is 6.08 Å². The van der Waals surface area contributed by atoms with E-state index >= 15 is 0 Å². The maximum Gasteiger partial charge on any atom is 0.198 e. The van der Waals surface area contributed by atoms with Crippen LogP contribution in [0.4, 0.5) is 0 Å². The summed E-state index contributed by atoms with van der Waals surface area (Å²) >= 11 is 0. The monoisotopic (exact) mass is 137 g/mol. The molecule has 0 aromatic heterocycles. The molecule has 10 heavy (non-hydrogen) atoms. The molecule has 0 aromatic rings. The van der Waals surface area contributed by atoms with Gasteiger partial charge in [0.15, 0.2) is 6.29 Å². The summed E-state index contributed by atoms with van der Waals surface area (Å²) in [7, 11) is 0. The third-order valence-electron chi connectivity index (χ3n) is 1.29. The van der Waals surface area contributed by atoms with Gasteiger partial charge in [0.1, 0.15) is 0 Å². The zero-order chi connectivity index (χ0) is 7.23. The van der Waals surface area contributed by atoms with Gasteiger partial charge in [0.2, 0.25) is 0 Å². The average molecular weight is 137 g/mol. The summed E-state index contributed by atoms with van der Waals surface area (Å²) < 4.78 is 0. The van der Waals surface area contributed by atoms with Crippen LogP contribution >= 0.6 is 0 Å². The molecule has 53 valence electrons. The van der Waals surface area contributed by atoms with Gasteiger partial charge in [0, 0.05) is 6.42 Å². The lowest BCUT2D eigenvalue weighted by atomic mass is 10.2. The van der Waals surface area contributed by atoms with Crippen molar-refractivity contribution in [3.63, 3.8) is 0 Å². The van der Waals surface area contributed by atoms with E-state index in [2.05, 4.69) is 10.2 Å². The van der Waals surface area contributed by atoms with Crippen LogP contribution in [0.1, 0.15) is 19.3 Å². The van der Waals surface area contributed by atoms with Gasteiger partial charge in [-0.25, -0.2) is 0 Å². The Kier molecular flexibility index (Phi) is 2.80. The Hall–Kier alpha value is -0.990. The van der Waals surface area contributed by atoms with Crippen molar-refractivity contribution in [3.8, 4) is 0 Å². The lowest BCUT2D eigenvalue weighted by molar-refractivity contribution is 0.550. The second-order valence-corrected chi connectivity index (χ2v) is 2.09. The highest BCUT2D eigenvalue weighted by Crippen LogP contribution is 2.11. The second-order valence-electron chi connectivity index (χ2n) is 2.09. The molecule has 0 unspecified atom stereocenters. The molecule has 1 rings (SSSR count). The highest BCUT2D eigenvalue weighted by Gasteiger charge is 1.98. The lowest BCUT2D eigenvalue weighted by Crippen LogP contribution is -1.88. The first-order valence-electron chi connectivity index (χ1n) is 3.35. The molecule has 1 aliphatic rings. The molecular formula is C7H9N2O. The number of carbonyl (C=O) groups excluding carboxylic acids is 1. The Morgan fingerprint density at radius 3 is 3.20 bits per heavy atom. The molecule has 0 saturated heterocycles. The summed E-state index contributed by atoms with van der Waals surface area (Å²) in [6, 6.07) is 0. The van der Waals surface area contributed by atoms with Gasteiger partial charge in [-0.3, -0.25) is 4.79 Å². The fraction of sp³-hybridized carbons (Fsp3) is 0.571. The van der Waals surface area contributed by atoms with Crippen molar-refractivity contribution in [1.29, 1.82) is 0 Å². The van der Waals surface area contributed by atoms with Crippen LogP contribution in [0.3, 0.4) is 0 Å². The molecule has 0 fully saturated rings. The lowest BCUT2D eigenvalue weighted by Gasteiger charge is -2.00. The van der Waals surface area contributed by atoms with Crippen molar-refractivity contribution in [2.75, 3.05) is 6.54 Å². The molecule has 0 N–H and O–H groups in total. The Morgan fingerprint density at radius 2 is 2.60 bits per heavy atom. The highest BCUT2D eigenvalue weighted by atomic mass is 16.1. The van der Waals surface area contributed by atoms with Gasteiger partial charge >= 0.3 is 0 Å². The molecule has 0 saturated carbocycles. The van der Waals surface area contributed by atoms with Gasteiger partial charge in [-0.05, 0) is 12.8 Å². The number of nitrogens with zero attached hydrogens (tertiary/aromatic N) is 2. The van der Waals surface area contributed by atoms with Crippen LogP contribution in [0.2, 0.25) is 0 Å². The summed E-state index contributed by atoms with van der Waals surface area (Å²) in [4.78, 5) is 9.82. The van der Waals surface area contributed by atoms with Crippen LogP contribution in [0, 0.1) is 0 Å². The molecule has 0 aromatic carbocycles. The topological polar surface area (TPSA) is 41.8 Å². The highest BCUT2D eigenvalue weighted by molar-refractivity contribution is 5.50. The predicted molar refractivity (Wildman–Crippen MR) is 37.4 cm³/mol. The van der Waals surface area contributed by atoms with Crippen molar-refractivity contribution < 1.29 is 4.79 Å². The number of hydrogen-bond donors (Lipinski definition) is 0. The molecule has 0 bridgehead atoms. The zero-order valence-corrected chi connectivity index (χ0v) is 5.71. The van der Waals surface area contributed by atoms with E-state index < -0.39 is 0 Å². The van der Waals surface area contributed by atoms with Crippen LogP contribution in [0.15, 0.2) is 22.0 Å². The number of allylic oxidation sites excluding steroid dienone is 1. The Bertz CT molecular complexity index is 172. The van der Waals surface area contributed by atoms with Gasteiger partial charge in [-0.2, -0.15) is 10.2 Å². The normalized spacial score (nSPS) is 16.6. The fourth-order valence-corrected chi connectivity index (χ4v) is 0.802. The van der Waals surface area contributed by atoms with Crippen molar-refractivity contribution >= 4 is 6.29 Å².